The van der Waals surface area contributed by atoms with Crippen LogP contribution in [0, 0.1) is 10.1 Å². The molecule has 0 saturated carbocycles. The number of nitro groups is 1. The van der Waals surface area contributed by atoms with E-state index in [1.807, 2.05) is 12.1 Å². The maximum atomic E-state index is 11.0. The van der Waals surface area contributed by atoms with Gasteiger partial charge in [-0.2, -0.15) is 0 Å². The molecule has 8 N–H and O–H groups in total. The Morgan fingerprint density at radius 3 is 1.47 bits per heavy atom. The van der Waals surface area contributed by atoms with Crippen LogP contribution in [0.5, 0.6) is 0 Å². The van der Waals surface area contributed by atoms with Gasteiger partial charge in [0.2, 0.25) is 0 Å². The van der Waals surface area contributed by atoms with Crippen LogP contribution >= 0.6 is 0 Å². The number of hydrogen-bond acceptors (Lipinski definition) is 10. The van der Waals surface area contributed by atoms with Gasteiger partial charge in [-0.1, -0.05) is 19.1 Å². The number of nitrogens with zero attached hydrogens (tertiary/aromatic N) is 1. The van der Waals surface area contributed by atoms with Crippen LogP contribution < -0.4 is 42.5 Å². The molecule has 11 nitrogen and oxygen atoms in total. The molecule has 0 radical (unpaired) electrons. The van der Waals surface area contributed by atoms with Gasteiger partial charge in [-0.25, -0.2) is 0 Å². The monoisotopic (exact) mass is 477 g/mol. The van der Waals surface area contributed by atoms with Crippen LogP contribution in [0.25, 0.3) is 0 Å². The van der Waals surface area contributed by atoms with E-state index >= 15 is 0 Å². The number of hydrogen-bond donors (Lipinski definition) is 8. The first-order valence-electron chi connectivity index (χ1n) is 12.5. The number of nitro benzene ring substituents is 1. The van der Waals surface area contributed by atoms with Crippen LogP contribution in [-0.2, 0) is 6.54 Å². The molecule has 0 aromatic heterocycles. The largest absolute Gasteiger partial charge is 0.314 e. The number of benzene rings is 1. The average molecular weight is 478 g/mol. The second kappa shape index (κ2) is 14.0. The quantitative estimate of drug-likeness (QED) is 0.177. The van der Waals surface area contributed by atoms with Crippen LogP contribution in [0.3, 0.4) is 0 Å². The Morgan fingerprint density at radius 1 is 0.735 bits per heavy atom. The van der Waals surface area contributed by atoms with Gasteiger partial charge in [0, 0.05) is 97.2 Å². The summed E-state index contributed by atoms with van der Waals surface area (Å²) >= 11 is 0. The predicted molar refractivity (Wildman–Crippen MR) is 136 cm³/mol. The number of likely N-dealkylation sites (N-methyl/N-ethyl adjacent to an activating group) is 1. The Kier molecular flexibility index (Phi) is 11.1. The summed E-state index contributed by atoms with van der Waals surface area (Å²) in [6.45, 7) is 14.2. The highest BCUT2D eigenvalue weighted by Gasteiger charge is 2.31. The Labute approximate surface area is 203 Å². The number of nitrogens with one attached hydrogen (secondary N) is 8. The molecule has 0 atom stereocenters. The summed E-state index contributed by atoms with van der Waals surface area (Å²) in [5.74, 6) is 0. The Balaban J connectivity index is 1.71. The van der Waals surface area contributed by atoms with Crippen LogP contribution in [0.1, 0.15) is 12.5 Å². The minimum Gasteiger partial charge on any atom is -0.314 e. The molecule has 1 aromatic carbocycles. The molecule has 0 spiro atoms. The normalized spacial score (nSPS) is 28.1. The summed E-state index contributed by atoms with van der Waals surface area (Å²) in [5, 5.41) is 40.3. The van der Waals surface area contributed by atoms with E-state index in [1.165, 1.54) is 0 Å². The molecule has 192 valence electrons. The minimum atomic E-state index is -0.360. The van der Waals surface area contributed by atoms with Gasteiger partial charge in [-0.05, 0) is 12.1 Å². The van der Waals surface area contributed by atoms with Gasteiger partial charge in [-0.15, -0.1) is 0 Å². The van der Waals surface area contributed by atoms with Crippen LogP contribution in [-0.4, -0.2) is 101 Å². The van der Waals surface area contributed by atoms with Crippen molar-refractivity contribution in [2.75, 3.05) is 85.1 Å². The topological polar surface area (TPSA) is 139 Å². The maximum absolute atomic E-state index is 11.0. The lowest BCUT2D eigenvalue weighted by atomic mass is 9.97. The minimum absolute atomic E-state index is 0.0287. The molecule has 11 heteroatoms. The maximum Gasteiger partial charge on any atom is 0.269 e. The van der Waals surface area contributed by atoms with Crippen molar-refractivity contribution in [3.05, 3.63) is 39.9 Å². The van der Waals surface area contributed by atoms with Crippen molar-refractivity contribution in [3.63, 3.8) is 0 Å². The van der Waals surface area contributed by atoms with E-state index in [2.05, 4.69) is 49.5 Å². The number of fused-ring (bicyclic) bond motifs is 15. The number of non-ortho nitro benzene ring substituents is 1. The third kappa shape index (κ3) is 8.51. The summed E-state index contributed by atoms with van der Waals surface area (Å²) in [6.07, 6.45) is 0. The van der Waals surface area contributed by atoms with E-state index in [-0.39, 0.29) is 21.7 Å². The molecule has 0 amide bonds. The van der Waals surface area contributed by atoms with Crippen molar-refractivity contribution in [1.29, 1.82) is 0 Å². The Hall–Kier alpha value is -1.70. The Bertz CT molecular complexity index is 688. The zero-order valence-electron chi connectivity index (χ0n) is 20.5. The van der Waals surface area contributed by atoms with Crippen LogP contribution in [0.4, 0.5) is 5.69 Å². The lowest BCUT2D eigenvalue weighted by molar-refractivity contribution is -0.384. The highest BCUT2D eigenvalue weighted by atomic mass is 16.6. The highest BCUT2D eigenvalue weighted by Crippen LogP contribution is 2.13. The summed E-state index contributed by atoms with van der Waals surface area (Å²) in [6, 6.07) is 6.80. The van der Waals surface area contributed by atoms with Crippen molar-refractivity contribution >= 4 is 5.69 Å². The van der Waals surface area contributed by atoms with Crippen molar-refractivity contribution in [3.8, 4) is 0 Å². The third-order valence-electron chi connectivity index (χ3n) is 6.58. The molecule has 1 aromatic rings. The van der Waals surface area contributed by atoms with Crippen LogP contribution in [0.15, 0.2) is 24.3 Å². The highest BCUT2D eigenvalue weighted by molar-refractivity contribution is 5.32. The van der Waals surface area contributed by atoms with Gasteiger partial charge in [0.05, 0.1) is 16.0 Å². The molecule has 3 heterocycles. The van der Waals surface area contributed by atoms with Gasteiger partial charge >= 0.3 is 0 Å². The van der Waals surface area contributed by atoms with Gasteiger partial charge in [0.25, 0.3) is 5.69 Å². The molecule has 0 aliphatic carbocycles. The van der Waals surface area contributed by atoms with Gasteiger partial charge in [-0.3, -0.25) is 10.1 Å². The van der Waals surface area contributed by atoms with E-state index in [1.54, 1.807) is 12.1 Å². The first kappa shape index (κ1) is 26.9. The fourth-order valence-corrected chi connectivity index (χ4v) is 4.65. The fourth-order valence-electron chi connectivity index (χ4n) is 4.65. The van der Waals surface area contributed by atoms with E-state index in [9.17, 15) is 10.1 Å². The van der Waals surface area contributed by atoms with E-state index in [0.717, 1.165) is 90.6 Å². The van der Waals surface area contributed by atoms with Gasteiger partial charge < -0.3 is 42.5 Å². The third-order valence-corrected chi connectivity index (χ3v) is 6.58. The SMILES string of the molecule is CCNC12CNCCNCC(NCc3ccc([N+](=O)[O-])cc3)(CNCCNC1)CNCCNC2. The lowest BCUT2D eigenvalue weighted by Crippen LogP contribution is -2.66. The average Bonchev–Trinajstić information content (AvgIpc) is 2.84. The molecule has 3 saturated heterocycles. The first-order chi connectivity index (χ1) is 16.6. The lowest BCUT2D eigenvalue weighted by Gasteiger charge is -2.39. The van der Waals surface area contributed by atoms with E-state index in [0.29, 0.717) is 6.54 Å². The molecule has 4 rings (SSSR count). The molecule has 2 bridgehead atoms. The van der Waals surface area contributed by atoms with Crippen molar-refractivity contribution in [1.82, 2.24) is 42.5 Å². The molecular formula is C23H43N9O2. The van der Waals surface area contributed by atoms with Crippen molar-refractivity contribution in [2.24, 2.45) is 0 Å². The fraction of sp³-hybridized carbons (Fsp3) is 0.739. The van der Waals surface area contributed by atoms with Crippen molar-refractivity contribution < 1.29 is 4.92 Å². The molecule has 0 unspecified atom stereocenters. The molecule has 3 aliphatic rings. The predicted octanol–water partition coefficient (Wildman–Crippen LogP) is -1.66. The zero-order chi connectivity index (χ0) is 24.1. The standard InChI is InChI=1S/C23H43N9O2/c1-2-30-22-14-24-7-10-27-17-23(18-28-11-8-25-15-22,19-29-12-9-26-16-22)31-13-20-3-5-21(6-4-20)32(33)34/h3-6,24-31H,2,7-19H2,1H3. The van der Waals surface area contributed by atoms with Crippen molar-refractivity contribution in [2.45, 2.75) is 24.5 Å². The van der Waals surface area contributed by atoms with Crippen LogP contribution in [0.2, 0.25) is 0 Å². The zero-order valence-corrected chi connectivity index (χ0v) is 20.5. The van der Waals surface area contributed by atoms with E-state index < -0.39 is 0 Å². The molecular weight excluding hydrogens is 434 g/mol. The van der Waals surface area contributed by atoms with Gasteiger partial charge in [0.15, 0.2) is 0 Å². The Morgan fingerprint density at radius 2 is 1.12 bits per heavy atom. The second-order valence-electron chi connectivity index (χ2n) is 9.43. The summed E-state index contributed by atoms with van der Waals surface area (Å²) < 4.78 is 0. The van der Waals surface area contributed by atoms with Gasteiger partial charge in [0.1, 0.15) is 0 Å². The molecule has 34 heavy (non-hydrogen) atoms. The van der Waals surface area contributed by atoms with E-state index in [4.69, 9.17) is 0 Å². The molecule has 3 aliphatic heterocycles. The summed E-state index contributed by atoms with van der Waals surface area (Å²) in [5.41, 5.74) is 0.917. The molecule has 3 fully saturated rings. The second-order valence-corrected chi connectivity index (χ2v) is 9.43. The first-order valence-corrected chi connectivity index (χ1v) is 12.5. The smallest absolute Gasteiger partial charge is 0.269 e. The number of rotatable bonds is 6. The summed E-state index contributed by atoms with van der Waals surface area (Å²) in [4.78, 5) is 10.6. The summed E-state index contributed by atoms with van der Waals surface area (Å²) in [7, 11) is 0.